The predicted octanol–water partition coefficient (Wildman–Crippen LogP) is 2.93. The topological polar surface area (TPSA) is 46.3 Å². The largest absolute Gasteiger partial charge is 0.341 e. The molecule has 0 aliphatic heterocycles. The minimum absolute atomic E-state index is 0.00707. The molecule has 19 heavy (non-hydrogen) atoms. The first-order valence-electron chi connectivity index (χ1n) is 6.69. The Morgan fingerprint density at radius 1 is 1.47 bits per heavy atom. The highest BCUT2D eigenvalue weighted by atomic mass is 79.9. The molecule has 0 aromatic heterocycles. The molecule has 2 rings (SSSR count). The van der Waals surface area contributed by atoms with Crippen LogP contribution < -0.4 is 5.73 Å². The van der Waals surface area contributed by atoms with Crippen LogP contribution in [0.4, 0.5) is 0 Å². The number of hydrogen-bond donors (Lipinski definition) is 1. The van der Waals surface area contributed by atoms with Crippen molar-refractivity contribution in [3.05, 3.63) is 34.3 Å². The highest BCUT2D eigenvalue weighted by Crippen LogP contribution is 2.38. The standard InChI is InChI=1S/C15H21BrN2O/c1-15(9-3-4-13(15)17)14(19)18(2)10-11-5-7-12(16)8-6-11/h5-8,13H,3-4,9-10,17H2,1-2H3. The van der Waals surface area contributed by atoms with E-state index in [0.717, 1.165) is 29.3 Å². The van der Waals surface area contributed by atoms with Crippen LogP contribution in [0.5, 0.6) is 0 Å². The second kappa shape index (κ2) is 5.63. The van der Waals surface area contributed by atoms with Crippen LogP contribution in [-0.2, 0) is 11.3 Å². The van der Waals surface area contributed by atoms with Crippen molar-refractivity contribution < 1.29 is 4.79 Å². The number of nitrogens with two attached hydrogens (primary N) is 1. The van der Waals surface area contributed by atoms with E-state index < -0.39 is 0 Å². The molecule has 2 N–H and O–H groups in total. The summed E-state index contributed by atoms with van der Waals surface area (Å²) in [6, 6.07) is 8.05. The molecule has 0 radical (unpaired) electrons. The van der Waals surface area contributed by atoms with Gasteiger partial charge in [0.25, 0.3) is 0 Å². The molecule has 0 heterocycles. The van der Waals surface area contributed by atoms with Gasteiger partial charge in [0.15, 0.2) is 0 Å². The molecule has 2 atom stereocenters. The van der Waals surface area contributed by atoms with Gasteiger partial charge >= 0.3 is 0 Å². The van der Waals surface area contributed by atoms with E-state index in [1.54, 1.807) is 4.90 Å². The lowest BCUT2D eigenvalue weighted by atomic mass is 9.83. The van der Waals surface area contributed by atoms with Crippen molar-refractivity contribution in [3.63, 3.8) is 0 Å². The SMILES string of the molecule is CN(Cc1ccc(Br)cc1)C(=O)C1(C)CCCC1N. The van der Waals surface area contributed by atoms with Gasteiger partial charge in [-0.1, -0.05) is 34.5 Å². The molecule has 1 amide bonds. The van der Waals surface area contributed by atoms with E-state index in [0.29, 0.717) is 6.54 Å². The number of carbonyl (C=O) groups excluding carboxylic acids is 1. The third kappa shape index (κ3) is 3.00. The highest BCUT2D eigenvalue weighted by molar-refractivity contribution is 9.10. The smallest absolute Gasteiger partial charge is 0.230 e. The predicted molar refractivity (Wildman–Crippen MR) is 80.5 cm³/mol. The normalized spacial score (nSPS) is 26.4. The number of hydrogen-bond acceptors (Lipinski definition) is 2. The van der Waals surface area contributed by atoms with Crippen LogP contribution in [0.25, 0.3) is 0 Å². The maximum absolute atomic E-state index is 12.6. The lowest BCUT2D eigenvalue weighted by Gasteiger charge is -2.32. The maximum atomic E-state index is 12.6. The summed E-state index contributed by atoms with van der Waals surface area (Å²) >= 11 is 3.41. The fourth-order valence-corrected chi connectivity index (χ4v) is 3.09. The minimum atomic E-state index is -0.385. The van der Waals surface area contributed by atoms with Gasteiger partial charge < -0.3 is 10.6 Å². The Bertz CT molecular complexity index is 460. The Morgan fingerprint density at radius 3 is 2.63 bits per heavy atom. The van der Waals surface area contributed by atoms with Crippen LogP contribution >= 0.6 is 15.9 Å². The molecule has 1 aromatic rings. The third-order valence-electron chi connectivity index (χ3n) is 4.20. The number of carbonyl (C=O) groups is 1. The Labute approximate surface area is 123 Å². The summed E-state index contributed by atoms with van der Waals surface area (Å²) in [7, 11) is 1.86. The van der Waals surface area contributed by atoms with Gasteiger partial charge in [-0.15, -0.1) is 0 Å². The zero-order valence-corrected chi connectivity index (χ0v) is 13.1. The van der Waals surface area contributed by atoms with Gasteiger partial charge in [0.1, 0.15) is 0 Å². The molecular weight excluding hydrogens is 304 g/mol. The quantitative estimate of drug-likeness (QED) is 0.929. The molecule has 0 spiro atoms. The lowest BCUT2D eigenvalue weighted by Crippen LogP contribution is -2.47. The molecule has 1 fully saturated rings. The van der Waals surface area contributed by atoms with Crippen molar-refractivity contribution >= 4 is 21.8 Å². The van der Waals surface area contributed by atoms with E-state index in [-0.39, 0.29) is 17.4 Å². The Kier molecular flexibility index (Phi) is 4.31. The second-order valence-electron chi connectivity index (χ2n) is 5.70. The Hall–Kier alpha value is -0.870. The average Bonchev–Trinajstić information content (AvgIpc) is 2.72. The van der Waals surface area contributed by atoms with Crippen LogP contribution in [0.2, 0.25) is 0 Å². The zero-order valence-electron chi connectivity index (χ0n) is 11.5. The monoisotopic (exact) mass is 324 g/mol. The average molecular weight is 325 g/mol. The van der Waals surface area contributed by atoms with Crippen LogP contribution in [-0.4, -0.2) is 23.9 Å². The summed E-state index contributed by atoms with van der Waals surface area (Å²) in [5.41, 5.74) is 6.86. The van der Waals surface area contributed by atoms with Crippen LogP contribution in [0.15, 0.2) is 28.7 Å². The van der Waals surface area contributed by atoms with Gasteiger partial charge in [-0.05, 0) is 37.5 Å². The molecule has 4 heteroatoms. The zero-order chi connectivity index (χ0) is 14.0. The minimum Gasteiger partial charge on any atom is -0.341 e. The molecule has 1 aliphatic rings. The number of halogens is 1. The van der Waals surface area contributed by atoms with Crippen molar-refractivity contribution in [3.8, 4) is 0 Å². The molecule has 1 aromatic carbocycles. The first-order chi connectivity index (χ1) is 8.93. The number of amides is 1. The lowest BCUT2D eigenvalue weighted by molar-refractivity contribution is -0.140. The van der Waals surface area contributed by atoms with Crippen molar-refractivity contribution in [2.45, 2.75) is 38.8 Å². The molecule has 1 saturated carbocycles. The molecule has 2 unspecified atom stereocenters. The summed E-state index contributed by atoms with van der Waals surface area (Å²) in [4.78, 5) is 14.4. The molecule has 0 bridgehead atoms. The number of benzene rings is 1. The molecule has 3 nitrogen and oxygen atoms in total. The molecule has 0 saturated heterocycles. The van der Waals surface area contributed by atoms with Gasteiger partial charge in [0, 0.05) is 24.1 Å². The maximum Gasteiger partial charge on any atom is 0.230 e. The summed E-state index contributed by atoms with van der Waals surface area (Å²) in [6.45, 7) is 2.64. The van der Waals surface area contributed by atoms with Crippen molar-refractivity contribution in [2.75, 3.05) is 7.05 Å². The van der Waals surface area contributed by atoms with Crippen LogP contribution in [0, 0.1) is 5.41 Å². The van der Waals surface area contributed by atoms with E-state index >= 15 is 0 Å². The van der Waals surface area contributed by atoms with Gasteiger partial charge in [-0.25, -0.2) is 0 Å². The van der Waals surface area contributed by atoms with E-state index in [1.165, 1.54) is 0 Å². The molecule has 1 aliphatic carbocycles. The van der Waals surface area contributed by atoms with Crippen molar-refractivity contribution in [1.82, 2.24) is 4.90 Å². The van der Waals surface area contributed by atoms with Crippen molar-refractivity contribution in [1.29, 1.82) is 0 Å². The van der Waals surface area contributed by atoms with E-state index in [4.69, 9.17) is 5.73 Å². The van der Waals surface area contributed by atoms with Crippen LogP contribution in [0.1, 0.15) is 31.7 Å². The highest BCUT2D eigenvalue weighted by Gasteiger charge is 2.44. The molecule has 104 valence electrons. The Balaban J connectivity index is 2.05. The van der Waals surface area contributed by atoms with Crippen LogP contribution in [0.3, 0.4) is 0 Å². The first-order valence-corrected chi connectivity index (χ1v) is 7.48. The summed E-state index contributed by atoms with van der Waals surface area (Å²) in [5.74, 6) is 0.167. The number of nitrogens with zero attached hydrogens (tertiary/aromatic N) is 1. The van der Waals surface area contributed by atoms with E-state index in [1.807, 2.05) is 38.2 Å². The van der Waals surface area contributed by atoms with E-state index in [2.05, 4.69) is 15.9 Å². The third-order valence-corrected chi connectivity index (χ3v) is 4.73. The Morgan fingerprint density at radius 2 is 2.11 bits per heavy atom. The van der Waals surface area contributed by atoms with Crippen molar-refractivity contribution in [2.24, 2.45) is 11.1 Å². The molecular formula is C15H21BrN2O. The first kappa shape index (κ1) is 14.5. The number of rotatable bonds is 3. The fraction of sp³-hybridized carbons (Fsp3) is 0.533. The fourth-order valence-electron chi connectivity index (χ4n) is 2.83. The van der Waals surface area contributed by atoms with Gasteiger partial charge in [-0.3, -0.25) is 4.79 Å². The summed E-state index contributed by atoms with van der Waals surface area (Å²) in [5, 5.41) is 0. The summed E-state index contributed by atoms with van der Waals surface area (Å²) in [6.07, 6.45) is 2.90. The second-order valence-corrected chi connectivity index (χ2v) is 6.62. The van der Waals surface area contributed by atoms with Gasteiger partial charge in [0.2, 0.25) is 5.91 Å². The van der Waals surface area contributed by atoms with E-state index in [9.17, 15) is 4.79 Å². The summed E-state index contributed by atoms with van der Waals surface area (Å²) < 4.78 is 1.05. The van der Waals surface area contributed by atoms with Gasteiger partial charge in [0.05, 0.1) is 5.41 Å². The van der Waals surface area contributed by atoms with Gasteiger partial charge in [-0.2, -0.15) is 0 Å².